The molecule has 3 aromatic heterocycles. The van der Waals surface area contributed by atoms with Crippen LogP contribution in [-0.2, 0) is 0 Å². The molecule has 7 nitrogen and oxygen atoms in total. The van der Waals surface area contributed by atoms with Crippen LogP contribution >= 0.6 is 0 Å². The molecule has 0 aliphatic carbocycles. The Bertz CT molecular complexity index is 1130. The van der Waals surface area contributed by atoms with E-state index in [2.05, 4.69) is 58.0 Å². The van der Waals surface area contributed by atoms with E-state index >= 15 is 0 Å². The van der Waals surface area contributed by atoms with Crippen molar-refractivity contribution >= 4 is 28.0 Å². The highest BCUT2D eigenvalue weighted by atomic mass is 15.3. The van der Waals surface area contributed by atoms with Crippen LogP contribution in [0.2, 0.25) is 0 Å². The first kappa shape index (κ1) is 17.2. The lowest BCUT2D eigenvalue weighted by Gasteiger charge is -2.38. The summed E-state index contributed by atoms with van der Waals surface area (Å²) < 4.78 is 2.02. The summed E-state index contributed by atoms with van der Waals surface area (Å²) in [5, 5.41) is 8.16. The van der Waals surface area contributed by atoms with Gasteiger partial charge in [0.25, 0.3) is 0 Å². The molecule has 1 saturated heterocycles. The average Bonchev–Trinajstić information content (AvgIpc) is 3.33. The number of hydrogen-bond donors (Lipinski definition) is 1. The number of imidazole rings is 1. The van der Waals surface area contributed by atoms with Crippen molar-refractivity contribution < 1.29 is 0 Å². The minimum atomic E-state index is 0.362. The molecule has 0 amide bonds. The number of H-pyrrole nitrogens is 1. The van der Waals surface area contributed by atoms with Gasteiger partial charge in [0.05, 0.1) is 17.9 Å². The van der Waals surface area contributed by atoms with Crippen molar-refractivity contribution in [1.29, 1.82) is 0 Å². The van der Waals surface area contributed by atoms with Crippen LogP contribution in [-0.4, -0.2) is 42.8 Å². The zero-order chi connectivity index (χ0) is 19.3. The average molecular weight is 375 g/mol. The van der Waals surface area contributed by atoms with E-state index in [0.717, 1.165) is 52.7 Å². The second kappa shape index (κ2) is 6.29. The fourth-order valence-electron chi connectivity index (χ4n) is 4.17. The van der Waals surface area contributed by atoms with Crippen molar-refractivity contribution in [2.75, 3.05) is 18.0 Å². The molecule has 0 saturated carbocycles. The number of piperidine rings is 1. The molecule has 0 atom stereocenters. The molecule has 0 radical (unpaired) electrons. The summed E-state index contributed by atoms with van der Waals surface area (Å²) in [6.07, 6.45) is 7.84. The lowest BCUT2D eigenvalue weighted by molar-refractivity contribution is 0.198. The van der Waals surface area contributed by atoms with E-state index in [1.807, 2.05) is 29.4 Å². The van der Waals surface area contributed by atoms with Crippen molar-refractivity contribution in [1.82, 2.24) is 29.7 Å². The van der Waals surface area contributed by atoms with Crippen LogP contribution in [0.4, 0.5) is 5.95 Å². The van der Waals surface area contributed by atoms with Crippen LogP contribution in [0.5, 0.6) is 0 Å². The van der Waals surface area contributed by atoms with E-state index in [0.29, 0.717) is 5.41 Å². The minimum Gasteiger partial charge on any atom is -0.341 e. The molecule has 0 bridgehead atoms. The number of aromatic amines is 1. The Morgan fingerprint density at radius 3 is 2.68 bits per heavy atom. The van der Waals surface area contributed by atoms with E-state index in [4.69, 9.17) is 4.98 Å². The topological polar surface area (TPSA) is 75.5 Å². The predicted molar refractivity (Wildman–Crippen MR) is 111 cm³/mol. The molecular weight excluding hydrogens is 350 g/mol. The first-order valence-corrected chi connectivity index (χ1v) is 9.87. The molecule has 1 aliphatic heterocycles. The largest absolute Gasteiger partial charge is 0.341 e. The lowest BCUT2D eigenvalue weighted by atomic mass is 9.75. The number of hydrogen-bond acceptors (Lipinski definition) is 5. The third-order valence-electron chi connectivity index (χ3n) is 5.98. The number of benzene rings is 1. The van der Waals surface area contributed by atoms with Gasteiger partial charge in [0.15, 0.2) is 5.65 Å². The number of anilines is 1. The molecule has 1 aliphatic rings. The summed E-state index contributed by atoms with van der Waals surface area (Å²) in [7, 11) is 0. The highest BCUT2D eigenvalue weighted by Crippen LogP contribution is 2.35. The maximum Gasteiger partial charge on any atom is 0.227 e. The Morgan fingerprint density at radius 2 is 1.89 bits per heavy atom. The van der Waals surface area contributed by atoms with Gasteiger partial charge in [0.2, 0.25) is 5.95 Å². The third kappa shape index (κ3) is 2.91. The van der Waals surface area contributed by atoms with Crippen molar-refractivity contribution in [3.63, 3.8) is 0 Å². The highest BCUT2D eigenvalue weighted by molar-refractivity contribution is 5.81. The van der Waals surface area contributed by atoms with Crippen molar-refractivity contribution in [2.24, 2.45) is 11.3 Å². The molecule has 144 valence electrons. The van der Waals surface area contributed by atoms with Gasteiger partial charge in [-0.05, 0) is 42.4 Å². The smallest absolute Gasteiger partial charge is 0.227 e. The standard InChI is InChI=1S/C21H25N7/c1-21(2,3)15-6-8-27(9-7-15)20-22-12-18-19(25-20)28(13-23-18)16-4-5-17-14(10-16)11-24-26-17/h4-5,10-13,15H,6-9H2,1-3H3,(H,24,26). The van der Waals surface area contributed by atoms with Crippen molar-refractivity contribution in [3.8, 4) is 5.69 Å². The normalized spacial score (nSPS) is 16.3. The molecule has 1 N–H and O–H groups in total. The van der Waals surface area contributed by atoms with Gasteiger partial charge in [0.1, 0.15) is 11.8 Å². The Balaban J connectivity index is 1.47. The van der Waals surface area contributed by atoms with Gasteiger partial charge < -0.3 is 4.90 Å². The quantitative estimate of drug-likeness (QED) is 0.574. The monoisotopic (exact) mass is 375 g/mol. The highest BCUT2D eigenvalue weighted by Gasteiger charge is 2.29. The summed E-state index contributed by atoms with van der Waals surface area (Å²) in [4.78, 5) is 16.3. The van der Waals surface area contributed by atoms with Crippen LogP contribution in [0.25, 0.3) is 27.8 Å². The molecule has 1 fully saturated rings. The molecule has 4 heterocycles. The van der Waals surface area contributed by atoms with Crippen LogP contribution in [0.15, 0.2) is 36.9 Å². The summed E-state index contributed by atoms with van der Waals surface area (Å²) in [5.74, 6) is 1.55. The second-order valence-electron chi connectivity index (χ2n) is 8.76. The van der Waals surface area contributed by atoms with Gasteiger partial charge in [0, 0.05) is 24.2 Å². The molecule has 0 spiro atoms. The van der Waals surface area contributed by atoms with E-state index in [9.17, 15) is 0 Å². The summed E-state index contributed by atoms with van der Waals surface area (Å²) in [6.45, 7) is 9.02. The molecule has 1 aromatic carbocycles. The zero-order valence-corrected chi connectivity index (χ0v) is 16.6. The number of nitrogens with zero attached hydrogens (tertiary/aromatic N) is 6. The first-order valence-electron chi connectivity index (χ1n) is 9.87. The van der Waals surface area contributed by atoms with E-state index in [1.54, 1.807) is 0 Å². The van der Waals surface area contributed by atoms with Crippen LogP contribution in [0, 0.1) is 11.3 Å². The SMILES string of the molecule is CC(C)(C)C1CCN(c2ncc3ncn(-c4ccc5[nH]ncc5c4)c3n2)CC1. The number of nitrogens with one attached hydrogen (secondary N) is 1. The number of fused-ring (bicyclic) bond motifs is 2. The Hall–Kier alpha value is -2.96. The van der Waals surface area contributed by atoms with Gasteiger partial charge in [-0.15, -0.1) is 0 Å². The third-order valence-corrected chi connectivity index (χ3v) is 5.98. The molecule has 28 heavy (non-hydrogen) atoms. The van der Waals surface area contributed by atoms with E-state index in [1.165, 1.54) is 12.8 Å². The lowest BCUT2D eigenvalue weighted by Crippen LogP contribution is -2.38. The van der Waals surface area contributed by atoms with Gasteiger partial charge in [-0.25, -0.2) is 9.97 Å². The number of aromatic nitrogens is 6. The van der Waals surface area contributed by atoms with Crippen LogP contribution < -0.4 is 4.90 Å². The Labute approximate surface area is 163 Å². The molecule has 4 aromatic rings. The van der Waals surface area contributed by atoms with Gasteiger partial charge in [-0.1, -0.05) is 20.8 Å². The first-order chi connectivity index (χ1) is 13.5. The predicted octanol–water partition coefficient (Wildman–Crippen LogP) is 3.95. The van der Waals surface area contributed by atoms with Crippen LogP contribution in [0.1, 0.15) is 33.6 Å². The molecule has 7 heteroatoms. The molecular formula is C21H25N7. The summed E-state index contributed by atoms with van der Waals surface area (Å²) >= 11 is 0. The zero-order valence-electron chi connectivity index (χ0n) is 16.6. The second-order valence-corrected chi connectivity index (χ2v) is 8.76. The molecule has 5 rings (SSSR count). The van der Waals surface area contributed by atoms with E-state index in [-0.39, 0.29) is 0 Å². The minimum absolute atomic E-state index is 0.362. The van der Waals surface area contributed by atoms with Gasteiger partial charge >= 0.3 is 0 Å². The van der Waals surface area contributed by atoms with Crippen molar-refractivity contribution in [2.45, 2.75) is 33.6 Å². The Kier molecular flexibility index (Phi) is 3.86. The van der Waals surface area contributed by atoms with Crippen LogP contribution in [0.3, 0.4) is 0 Å². The Morgan fingerprint density at radius 1 is 1.07 bits per heavy atom. The fourth-order valence-corrected chi connectivity index (χ4v) is 4.17. The number of rotatable bonds is 2. The molecule has 0 unspecified atom stereocenters. The maximum absolute atomic E-state index is 4.88. The fraction of sp³-hybridized carbons (Fsp3) is 0.429. The van der Waals surface area contributed by atoms with Gasteiger partial charge in [-0.2, -0.15) is 10.1 Å². The van der Waals surface area contributed by atoms with Crippen molar-refractivity contribution in [3.05, 3.63) is 36.9 Å². The van der Waals surface area contributed by atoms with Gasteiger partial charge in [-0.3, -0.25) is 9.67 Å². The maximum atomic E-state index is 4.88. The van der Waals surface area contributed by atoms with E-state index < -0.39 is 0 Å². The summed E-state index contributed by atoms with van der Waals surface area (Å²) in [5.41, 5.74) is 4.05. The summed E-state index contributed by atoms with van der Waals surface area (Å²) in [6, 6.07) is 6.18.